The first-order chi connectivity index (χ1) is 15.2. The third-order valence-electron chi connectivity index (χ3n) is 6.28. The molecule has 4 aromatic rings. The molecule has 0 unspecified atom stereocenters. The summed E-state index contributed by atoms with van der Waals surface area (Å²) in [7, 11) is 0. The molecule has 0 aliphatic heterocycles. The molecule has 5 rings (SSSR count). The molecule has 1 aromatic heterocycles. The SMILES string of the molecule is Oc1ccccc1-c1nc2ccccc2n1[C@@H]1CCCC[C@H]1NCc1ccc(Cl)cc1. The van der Waals surface area contributed by atoms with Crippen molar-refractivity contribution < 1.29 is 5.11 Å². The van der Waals surface area contributed by atoms with E-state index in [1.54, 1.807) is 6.07 Å². The number of hydrogen-bond donors (Lipinski definition) is 2. The minimum absolute atomic E-state index is 0.264. The lowest BCUT2D eigenvalue weighted by atomic mass is 9.89. The van der Waals surface area contributed by atoms with Crippen LogP contribution in [0.5, 0.6) is 5.75 Å². The van der Waals surface area contributed by atoms with Gasteiger partial charge in [0.2, 0.25) is 0 Å². The van der Waals surface area contributed by atoms with Gasteiger partial charge in [-0.1, -0.05) is 60.8 Å². The molecule has 3 aromatic carbocycles. The number of fused-ring (bicyclic) bond motifs is 1. The van der Waals surface area contributed by atoms with Crippen molar-refractivity contribution in [2.24, 2.45) is 0 Å². The van der Waals surface area contributed by atoms with E-state index in [1.165, 1.54) is 18.4 Å². The molecule has 0 radical (unpaired) electrons. The first kappa shape index (κ1) is 20.1. The maximum absolute atomic E-state index is 10.6. The average Bonchev–Trinajstić information content (AvgIpc) is 3.18. The number of aromatic nitrogens is 2. The first-order valence-corrected chi connectivity index (χ1v) is 11.3. The van der Waals surface area contributed by atoms with Gasteiger partial charge in [-0.2, -0.15) is 0 Å². The van der Waals surface area contributed by atoms with Crippen LogP contribution in [-0.2, 0) is 6.54 Å². The Kier molecular flexibility index (Phi) is 5.66. The van der Waals surface area contributed by atoms with Crippen LogP contribution < -0.4 is 5.32 Å². The summed E-state index contributed by atoms with van der Waals surface area (Å²) in [6, 6.07) is 24.4. The van der Waals surface area contributed by atoms with Crippen LogP contribution in [-0.4, -0.2) is 20.7 Å². The van der Waals surface area contributed by atoms with E-state index >= 15 is 0 Å². The molecule has 5 heteroatoms. The number of benzene rings is 3. The van der Waals surface area contributed by atoms with Gasteiger partial charge in [-0.25, -0.2) is 4.98 Å². The van der Waals surface area contributed by atoms with Crippen molar-refractivity contribution in [3.05, 3.63) is 83.4 Å². The number of rotatable bonds is 5. The fourth-order valence-corrected chi connectivity index (χ4v) is 4.87. The molecule has 0 amide bonds. The Morgan fingerprint density at radius 2 is 1.68 bits per heavy atom. The van der Waals surface area contributed by atoms with Crippen LogP contribution in [0, 0.1) is 0 Å². The van der Waals surface area contributed by atoms with E-state index in [9.17, 15) is 5.11 Å². The van der Waals surface area contributed by atoms with Crippen LogP contribution in [0.15, 0.2) is 72.8 Å². The van der Waals surface area contributed by atoms with Gasteiger partial charge in [0, 0.05) is 17.6 Å². The highest BCUT2D eigenvalue weighted by Crippen LogP contribution is 2.38. The van der Waals surface area contributed by atoms with Gasteiger partial charge in [0.25, 0.3) is 0 Å². The predicted molar refractivity (Wildman–Crippen MR) is 126 cm³/mol. The van der Waals surface area contributed by atoms with E-state index in [0.717, 1.165) is 46.8 Å². The third kappa shape index (κ3) is 4.06. The van der Waals surface area contributed by atoms with Gasteiger partial charge in [0.05, 0.1) is 22.6 Å². The molecule has 1 fully saturated rings. The van der Waals surface area contributed by atoms with Gasteiger partial charge >= 0.3 is 0 Å². The summed E-state index contributed by atoms with van der Waals surface area (Å²) in [5, 5.41) is 15.1. The van der Waals surface area contributed by atoms with Crippen molar-refractivity contribution >= 4 is 22.6 Å². The predicted octanol–water partition coefficient (Wildman–Crippen LogP) is 6.34. The molecule has 158 valence electrons. The van der Waals surface area contributed by atoms with Crippen molar-refractivity contribution in [3.63, 3.8) is 0 Å². The summed E-state index contributed by atoms with van der Waals surface area (Å²) in [5.41, 5.74) is 4.08. The molecule has 0 saturated heterocycles. The second-order valence-electron chi connectivity index (χ2n) is 8.28. The van der Waals surface area contributed by atoms with Crippen LogP contribution in [0.4, 0.5) is 0 Å². The topological polar surface area (TPSA) is 50.1 Å². The largest absolute Gasteiger partial charge is 0.507 e. The highest BCUT2D eigenvalue weighted by Gasteiger charge is 2.30. The zero-order chi connectivity index (χ0) is 21.2. The van der Waals surface area contributed by atoms with Crippen molar-refractivity contribution in [3.8, 4) is 17.1 Å². The molecule has 4 nitrogen and oxygen atoms in total. The minimum atomic E-state index is 0.264. The Labute approximate surface area is 187 Å². The molecule has 0 spiro atoms. The number of phenolic OH excluding ortho intramolecular Hbond substituents is 1. The number of aromatic hydroxyl groups is 1. The summed E-state index contributed by atoms with van der Waals surface area (Å²) in [6.07, 6.45) is 4.61. The van der Waals surface area contributed by atoms with Gasteiger partial charge < -0.3 is 15.0 Å². The van der Waals surface area contributed by atoms with Crippen molar-refractivity contribution in [2.75, 3.05) is 0 Å². The first-order valence-electron chi connectivity index (χ1n) is 10.9. The van der Waals surface area contributed by atoms with Gasteiger partial charge in [0.15, 0.2) is 0 Å². The Bertz CT molecular complexity index is 1180. The number of phenols is 1. The van der Waals surface area contributed by atoms with E-state index in [2.05, 4.69) is 34.1 Å². The lowest BCUT2D eigenvalue weighted by molar-refractivity contribution is 0.267. The van der Waals surface area contributed by atoms with E-state index < -0.39 is 0 Å². The van der Waals surface area contributed by atoms with E-state index in [0.29, 0.717) is 6.04 Å². The molecule has 0 bridgehead atoms. The average molecular weight is 432 g/mol. The normalized spacial score (nSPS) is 19.0. The molecular weight excluding hydrogens is 406 g/mol. The van der Waals surface area contributed by atoms with Crippen LogP contribution in [0.25, 0.3) is 22.4 Å². The second kappa shape index (κ2) is 8.74. The van der Waals surface area contributed by atoms with E-state index in [4.69, 9.17) is 16.6 Å². The number of nitrogens with one attached hydrogen (secondary N) is 1. The highest BCUT2D eigenvalue weighted by molar-refractivity contribution is 6.30. The summed E-state index contributed by atoms with van der Waals surface area (Å²) >= 11 is 6.04. The molecule has 2 N–H and O–H groups in total. The standard InChI is InChI=1S/C26H26ClN3O/c27-19-15-13-18(14-16-19)17-28-21-8-2-4-10-23(21)30-24-11-5-3-9-22(24)29-26(30)20-7-1-6-12-25(20)31/h1,3,5-7,9,11-16,21,23,28,31H,2,4,8,10,17H2/t21-,23-/m1/s1. The van der Waals surface area contributed by atoms with Gasteiger partial charge in [0.1, 0.15) is 11.6 Å². The smallest absolute Gasteiger partial charge is 0.145 e. The maximum atomic E-state index is 10.6. The summed E-state index contributed by atoms with van der Waals surface area (Å²) in [6.45, 7) is 0.802. The molecule has 2 atom stereocenters. The van der Waals surface area contributed by atoms with Crippen molar-refractivity contribution in [1.82, 2.24) is 14.9 Å². The zero-order valence-corrected chi connectivity index (χ0v) is 18.1. The Morgan fingerprint density at radius 1 is 0.935 bits per heavy atom. The summed E-state index contributed by atoms with van der Waals surface area (Å²) in [4.78, 5) is 4.94. The van der Waals surface area contributed by atoms with E-state index in [-0.39, 0.29) is 11.8 Å². The van der Waals surface area contributed by atoms with Crippen LogP contribution in [0.3, 0.4) is 0 Å². The van der Waals surface area contributed by atoms with Crippen LogP contribution in [0.1, 0.15) is 37.3 Å². The monoisotopic (exact) mass is 431 g/mol. The minimum Gasteiger partial charge on any atom is -0.507 e. The lowest BCUT2D eigenvalue weighted by Crippen LogP contribution is -2.39. The van der Waals surface area contributed by atoms with Crippen molar-refractivity contribution in [1.29, 1.82) is 0 Å². The van der Waals surface area contributed by atoms with Gasteiger partial charge in [-0.15, -0.1) is 0 Å². The number of hydrogen-bond acceptors (Lipinski definition) is 3. The lowest BCUT2D eigenvalue weighted by Gasteiger charge is -2.35. The Hall–Kier alpha value is -2.82. The maximum Gasteiger partial charge on any atom is 0.145 e. The van der Waals surface area contributed by atoms with Crippen LogP contribution >= 0.6 is 11.6 Å². The zero-order valence-electron chi connectivity index (χ0n) is 17.3. The molecular formula is C26H26ClN3O. The number of para-hydroxylation sites is 3. The van der Waals surface area contributed by atoms with Crippen molar-refractivity contribution in [2.45, 2.75) is 44.3 Å². The van der Waals surface area contributed by atoms with Gasteiger partial charge in [-0.05, 0) is 54.8 Å². The van der Waals surface area contributed by atoms with Gasteiger partial charge in [-0.3, -0.25) is 0 Å². The van der Waals surface area contributed by atoms with Crippen LogP contribution in [0.2, 0.25) is 5.02 Å². The van der Waals surface area contributed by atoms with E-state index in [1.807, 2.05) is 42.5 Å². The summed E-state index contributed by atoms with van der Waals surface area (Å²) in [5.74, 6) is 1.10. The summed E-state index contributed by atoms with van der Waals surface area (Å²) < 4.78 is 2.35. The highest BCUT2D eigenvalue weighted by atomic mass is 35.5. The number of halogens is 1. The molecule has 1 heterocycles. The molecule has 1 aliphatic rings. The quantitative estimate of drug-likeness (QED) is 0.388. The Balaban J connectivity index is 1.53. The molecule has 1 saturated carbocycles. The number of nitrogens with zero attached hydrogens (tertiary/aromatic N) is 2. The number of imidazole rings is 1. The molecule has 1 aliphatic carbocycles. The second-order valence-corrected chi connectivity index (χ2v) is 8.71. The Morgan fingerprint density at radius 3 is 2.52 bits per heavy atom. The third-order valence-corrected chi connectivity index (χ3v) is 6.54. The fraction of sp³-hybridized carbons (Fsp3) is 0.269. The molecule has 31 heavy (non-hydrogen) atoms. The fourth-order valence-electron chi connectivity index (χ4n) is 4.74.